The van der Waals surface area contributed by atoms with Crippen LogP contribution in [0.4, 0.5) is 9.05 Å². The second kappa shape index (κ2) is 5.02. The number of rotatable bonds is 0. The Morgan fingerprint density at radius 2 is 1.00 bits per heavy atom. The molecule has 8 heavy (non-hydrogen) atoms. The van der Waals surface area contributed by atoms with E-state index in [0.29, 0.717) is 0 Å². The molecular formula is H4F2O5Si. The highest BCUT2D eigenvalue weighted by atomic mass is 28.4. The van der Waals surface area contributed by atoms with Gasteiger partial charge in [-0.15, -0.1) is 0 Å². The van der Waals surface area contributed by atoms with Crippen LogP contribution >= 0.6 is 0 Å². The Balaban J connectivity index is 0. The van der Waals surface area contributed by atoms with Gasteiger partial charge in [-0.1, -0.05) is 0 Å². The van der Waals surface area contributed by atoms with Gasteiger partial charge in [-0.05, 0) is 9.05 Å². The molecule has 52 valence electrons. The summed E-state index contributed by atoms with van der Waals surface area (Å²) in [5.74, 6) is 0. The van der Waals surface area contributed by atoms with Crippen LogP contribution in [-0.4, -0.2) is 28.2 Å². The van der Waals surface area contributed by atoms with Gasteiger partial charge in [0.05, 0.1) is 0 Å². The Labute approximate surface area is 43.7 Å². The zero-order valence-corrected chi connectivity index (χ0v) is 4.45. The number of hydrogen-bond donors (Lipinski definition) is 4. The van der Waals surface area contributed by atoms with Gasteiger partial charge in [0.25, 0.3) is 0 Å². The zero-order valence-electron chi connectivity index (χ0n) is 3.45. The van der Waals surface area contributed by atoms with Gasteiger partial charge in [-0.3, -0.25) is 0 Å². The topological polar surface area (TPSA) is 90.2 Å². The predicted molar refractivity (Wildman–Crippen MR) is 17.9 cm³/mol. The van der Waals surface area contributed by atoms with Crippen LogP contribution in [0.2, 0.25) is 0 Å². The minimum atomic E-state index is -4.61. The third-order valence-corrected chi connectivity index (χ3v) is 0. The highest BCUT2D eigenvalue weighted by Crippen LogP contribution is 1.67. The predicted octanol–water partition coefficient (Wildman–Crippen LogP) is -1.84. The van der Waals surface area contributed by atoms with E-state index in [9.17, 15) is 0 Å². The normalized spacial score (nSPS) is 9.75. The largest absolute Gasteiger partial charge is 0.668 e. The van der Waals surface area contributed by atoms with Crippen LogP contribution in [0.5, 0.6) is 0 Å². The van der Waals surface area contributed by atoms with E-state index in [0.717, 1.165) is 0 Å². The highest BCUT2D eigenvalue weighted by Gasteiger charge is 2.22. The van der Waals surface area contributed by atoms with Crippen LogP contribution in [0.25, 0.3) is 0 Å². The van der Waals surface area contributed by atoms with Crippen molar-refractivity contribution in [2.75, 3.05) is 0 Å². The third-order valence-electron chi connectivity index (χ3n) is 0. The summed E-state index contributed by atoms with van der Waals surface area (Å²) in [4.78, 5) is 29.3. The third kappa shape index (κ3) is 9220. The lowest BCUT2D eigenvalue weighted by atomic mass is 15.4. The Hall–Kier alpha value is -0.123. The minimum absolute atomic E-state index is 1.25. The molecule has 8 heteroatoms. The quantitative estimate of drug-likeness (QED) is 0.305. The molecule has 0 aliphatic rings. The number of halogens is 2. The molecular weight excluding hydrogens is 146 g/mol. The van der Waals surface area contributed by atoms with Crippen molar-refractivity contribution in [1.82, 2.24) is 0 Å². The van der Waals surface area contributed by atoms with Gasteiger partial charge in [-0.25, -0.2) is 0 Å². The molecule has 0 atom stereocenters. The summed E-state index contributed by atoms with van der Waals surface area (Å²) in [5.41, 5.74) is 0. The molecule has 0 spiro atoms. The minimum Gasteiger partial charge on any atom is -0.368 e. The van der Waals surface area contributed by atoms with Crippen LogP contribution in [-0.2, 0) is 5.15 Å². The van der Waals surface area contributed by atoms with Crippen molar-refractivity contribution in [2.24, 2.45) is 0 Å². The summed E-state index contributed by atoms with van der Waals surface area (Å²) in [6.07, 6.45) is 0. The summed E-state index contributed by atoms with van der Waals surface area (Å²) >= 11 is 0. The molecule has 0 heterocycles. The smallest absolute Gasteiger partial charge is 0.368 e. The lowest BCUT2D eigenvalue weighted by molar-refractivity contribution is -0.317. The first-order valence-electron chi connectivity index (χ1n) is 1.20. The van der Waals surface area contributed by atoms with E-state index in [4.69, 9.17) is 28.2 Å². The molecule has 5 nitrogen and oxygen atoms in total. The van der Waals surface area contributed by atoms with Gasteiger partial charge in [0.1, 0.15) is 0 Å². The molecule has 0 saturated heterocycles. The van der Waals surface area contributed by atoms with Gasteiger partial charge < -0.3 is 19.2 Å². The molecule has 4 N–H and O–H groups in total. The lowest BCUT2D eigenvalue weighted by Gasteiger charge is -1.91. The average Bonchev–Trinajstić information content (AvgIpc) is 1.27. The molecule has 0 fully saturated rings. The molecule has 0 radical (unpaired) electrons. The van der Waals surface area contributed by atoms with Crippen molar-refractivity contribution in [3.05, 3.63) is 0 Å². The summed E-state index contributed by atoms with van der Waals surface area (Å²) in [6.45, 7) is 0. The van der Waals surface area contributed by atoms with Crippen molar-refractivity contribution in [3.8, 4) is 0 Å². The van der Waals surface area contributed by atoms with E-state index >= 15 is 0 Å². The van der Waals surface area contributed by atoms with Gasteiger partial charge in [0.15, 0.2) is 0 Å². The zero-order chi connectivity index (χ0) is 7.21. The molecule has 0 aromatic carbocycles. The molecule has 0 bridgehead atoms. The van der Waals surface area contributed by atoms with E-state index in [2.05, 4.69) is 0 Å². The Morgan fingerprint density at radius 3 is 1.00 bits per heavy atom. The van der Waals surface area contributed by atoms with Gasteiger partial charge in [-0.2, -0.15) is 0 Å². The van der Waals surface area contributed by atoms with Gasteiger partial charge in [0, 0.05) is 5.15 Å². The fourth-order valence-corrected chi connectivity index (χ4v) is 0. The summed E-state index contributed by atoms with van der Waals surface area (Å²) in [7, 11) is -4.61. The van der Waals surface area contributed by atoms with E-state index in [-0.39, 0.29) is 0 Å². The van der Waals surface area contributed by atoms with Crippen molar-refractivity contribution >= 4 is 9.05 Å². The second-order valence-corrected chi connectivity index (χ2v) is 1.86. The molecule has 0 rings (SSSR count). The Morgan fingerprint density at radius 1 is 1.00 bits per heavy atom. The van der Waals surface area contributed by atoms with E-state index < -0.39 is 9.05 Å². The summed E-state index contributed by atoms with van der Waals surface area (Å²) < 4.78 is 18.2. The number of hydrogen-bond acceptors (Lipinski definition) is 5. The first-order valence-corrected chi connectivity index (χ1v) is 2.99. The van der Waals surface area contributed by atoms with Crippen LogP contribution in [0.15, 0.2) is 0 Å². The molecule has 0 unspecified atom stereocenters. The van der Waals surface area contributed by atoms with Crippen molar-refractivity contribution in [3.63, 3.8) is 0 Å². The first kappa shape index (κ1) is 10.8. The molecule has 0 saturated carbocycles. The van der Waals surface area contributed by atoms with Crippen LogP contribution in [0.1, 0.15) is 0 Å². The molecule has 0 amide bonds. The fraction of sp³-hybridized carbons (Fsp3) is 0. The summed E-state index contributed by atoms with van der Waals surface area (Å²) in [5, 5.41) is 1.25. The second-order valence-electron chi connectivity index (χ2n) is 0.658. The monoisotopic (exact) mass is 150 g/mol. The maximum absolute atomic E-state index is 9.12. The van der Waals surface area contributed by atoms with E-state index in [1.807, 2.05) is 0 Å². The van der Waals surface area contributed by atoms with Crippen molar-refractivity contribution in [2.45, 2.75) is 0 Å². The van der Waals surface area contributed by atoms with Crippen molar-refractivity contribution in [1.29, 1.82) is 0 Å². The first-order chi connectivity index (χ1) is 3.41. The summed E-state index contributed by atoms with van der Waals surface area (Å²) in [6, 6.07) is 0. The maximum Gasteiger partial charge on any atom is 0.668 e. The maximum atomic E-state index is 9.12. The van der Waals surface area contributed by atoms with E-state index in [1.165, 1.54) is 5.15 Å². The van der Waals surface area contributed by atoms with Crippen LogP contribution in [0, 0.1) is 0 Å². The lowest BCUT2D eigenvalue weighted by Crippen LogP contribution is -2.33. The van der Waals surface area contributed by atoms with Gasteiger partial charge in [0.2, 0.25) is 0 Å². The van der Waals surface area contributed by atoms with Crippen LogP contribution in [0.3, 0.4) is 0 Å². The Kier molecular flexibility index (Phi) is 6.77. The molecule has 0 aliphatic heterocycles. The molecule has 0 aliphatic carbocycles. The SMILES string of the molecule is FOF.O[Si](O)(O)O. The molecule has 0 aromatic rings. The average molecular weight is 150 g/mol. The van der Waals surface area contributed by atoms with Crippen LogP contribution < -0.4 is 0 Å². The van der Waals surface area contributed by atoms with E-state index in [1.54, 1.807) is 0 Å². The standard InChI is InChI=1S/F2O.H4O4Si/c1-3-2;1-5(2,3)4/h;1-4H. The molecule has 0 aromatic heterocycles. The fourth-order valence-electron chi connectivity index (χ4n) is 0. The Bertz CT molecular complexity index is 34.2. The van der Waals surface area contributed by atoms with Crippen molar-refractivity contribution < 1.29 is 33.4 Å². The van der Waals surface area contributed by atoms with Gasteiger partial charge >= 0.3 is 9.05 Å². The highest BCUT2D eigenvalue weighted by molar-refractivity contribution is 6.46.